The first kappa shape index (κ1) is 14.1. The fourth-order valence-electron chi connectivity index (χ4n) is 2.71. The minimum absolute atomic E-state index is 0.333. The number of rotatable bonds is 2. The maximum Gasteiger partial charge on any atom is 0.435 e. The molecule has 0 N–H and O–H groups in total. The van der Waals surface area contributed by atoms with Crippen LogP contribution in [0.5, 0.6) is 0 Å². The summed E-state index contributed by atoms with van der Waals surface area (Å²) in [5.41, 5.74) is -0.943. The largest absolute Gasteiger partial charge is 0.435 e. The van der Waals surface area contributed by atoms with E-state index >= 15 is 0 Å². The average molecular weight is 273 g/mol. The molecule has 1 aliphatic rings. The van der Waals surface area contributed by atoms with Crippen LogP contribution in [0.15, 0.2) is 12.1 Å². The Morgan fingerprint density at radius 3 is 2.37 bits per heavy atom. The van der Waals surface area contributed by atoms with Gasteiger partial charge in [0, 0.05) is 13.1 Å². The molecule has 0 bridgehead atoms. The van der Waals surface area contributed by atoms with E-state index in [1.165, 1.54) is 12.5 Å². The van der Waals surface area contributed by atoms with E-state index in [-0.39, 0.29) is 0 Å². The third kappa shape index (κ3) is 3.16. The van der Waals surface area contributed by atoms with Crippen LogP contribution in [0.4, 0.5) is 19.0 Å². The summed E-state index contributed by atoms with van der Waals surface area (Å²) in [6, 6.07) is 2.73. The van der Waals surface area contributed by atoms with Crippen LogP contribution in [-0.4, -0.2) is 23.3 Å². The molecule has 1 saturated carbocycles. The van der Waals surface area contributed by atoms with Crippen molar-refractivity contribution in [3.05, 3.63) is 17.8 Å². The highest BCUT2D eigenvalue weighted by Crippen LogP contribution is 2.31. The van der Waals surface area contributed by atoms with Gasteiger partial charge in [-0.15, -0.1) is 10.2 Å². The van der Waals surface area contributed by atoms with Crippen LogP contribution in [-0.2, 0) is 6.18 Å². The Balaban J connectivity index is 2.13. The molecule has 19 heavy (non-hydrogen) atoms. The zero-order chi connectivity index (χ0) is 14.0. The molecule has 0 amide bonds. The summed E-state index contributed by atoms with van der Waals surface area (Å²) in [4.78, 5) is 1.96. The maximum absolute atomic E-state index is 12.4. The predicted octanol–water partition coefficient (Wildman–Crippen LogP) is 3.51. The summed E-state index contributed by atoms with van der Waals surface area (Å²) in [7, 11) is 1.88. The van der Waals surface area contributed by atoms with Gasteiger partial charge in [0.25, 0.3) is 0 Å². The van der Waals surface area contributed by atoms with Gasteiger partial charge < -0.3 is 4.90 Å². The molecule has 1 fully saturated rings. The molecule has 0 radical (unpaired) electrons. The first-order valence-electron chi connectivity index (χ1n) is 6.53. The fraction of sp³-hybridized carbons (Fsp3) is 0.692. The van der Waals surface area contributed by atoms with Crippen molar-refractivity contribution in [1.29, 1.82) is 0 Å². The molecule has 1 aromatic heterocycles. The Labute approximate surface area is 110 Å². The summed E-state index contributed by atoms with van der Waals surface area (Å²) in [6.07, 6.45) is 0.170. The first-order valence-corrected chi connectivity index (χ1v) is 6.53. The van der Waals surface area contributed by atoms with Crippen molar-refractivity contribution in [3.63, 3.8) is 0 Å². The van der Waals surface area contributed by atoms with Crippen LogP contribution >= 0.6 is 0 Å². The van der Waals surface area contributed by atoms with E-state index in [2.05, 4.69) is 17.1 Å². The zero-order valence-electron chi connectivity index (χ0n) is 11.1. The Morgan fingerprint density at radius 2 is 1.84 bits per heavy atom. The van der Waals surface area contributed by atoms with Gasteiger partial charge in [-0.05, 0) is 30.9 Å². The standard InChI is InChI=1S/C13H18F3N3/c1-9-5-3-4-6-10(9)19(2)12-8-7-11(17-18-12)13(14,15)16/h7-10H,3-6H2,1-2H3. The van der Waals surface area contributed by atoms with E-state index in [0.717, 1.165) is 25.3 Å². The molecule has 106 valence electrons. The lowest BCUT2D eigenvalue weighted by Crippen LogP contribution is -2.39. The van der Waals surface area contributed by atoms with Gasteiger partial charge in [-0.2, -0.15) is 13.2 Å². The smallest absolute Gasteiger partial charge is 0.355 e. The molecular weight excluding hydrogens is 255 g/mol. The molecule has 0 spiro atoms. The lowest BCUT2D eigenvalue weighted by atomic mass is 9.85. The second-order valence-electron chi connectivity index (χ2n) is 5.21. The highest BCUT2D eigenvalue weighted by atomic mass is 19.4. The number of hydrogen-bond acceptors (Lipinski definition) is 3. The molecule has 3 nitrogen and oxygen atoms in total. The van der Waals surface area contributed by atoms with Crippen LogP contribution in [0.1, 0.15) is 38.3 Å². The van der Waals surface area contributed by atoms with Gasteiger partial charge in [0.1, 0.15) is 0 Å². The van der Waals surface area contributed by atoms with Gasteiger partial charge in [0.05, 0.1) is 0 Å². The summed E-state index contributed by atoms with van der Waals surface area (Å²) in [5.74, 6) is 1.04. The highest BCUT2D eigenvalue weighted by Gasteiger charge is 2.33. The third-order valence-electron chi connectivity index (χ3n) is 3.87. The normalized spacial score (nSPS) is 24.3. The predicted molar refractivity (Wildman–Crippen MR) is 66.9 cm³/mol. The van der Waals surface area contributed by atoms with Gasteiger partial charge in [-0.25, -0.2) is 0 Å². The Morgan fingerprint density at radius 1 is 1.16 bits per heavy atom. The van der Waals surface area contributed by atoms with Crippen molar-refractivity contribution in [2.45, 2.75) is 44.8 Å². The molecule has 6 heteroatoms. The minimum atomic E-state index is -4.43. The number of aromatic nitrogens is 2. The van der Waals surface area contributed by atoms with E-state index in [1.807, 2.05) is 11.9 Å². The molecule has 1 aliphatic carbocycles. The van der Waals surface area contributed by atoms with Crippen molar-refractivity contribution in [3.8, 4) is 0 Å². The fourth-order valence-corrected chi connectivity index (χ4v) is 2.71. The zero-order valence-corrected chi connectivity index (χ0v) is 11.1. The summed E-state index contributed by atoms with van der Waals surface area (Å²) in [6.45, 7) is 2.18. The molecule has 0 aromatic carbocycles. The van der Waals surface area contributed by atoms with Crippen LogP contribution in [0, 0.1) is 5.92 Å². The molecule has 0 aliphatic heterocycles. The highest BCUT2D eigenvalue weighted by molar-refractivity contribution is 5.38. The van der Waals surface area contributed by atoms with Crippen molar-refractivity contribution < 1.29 is 13.2 Å². The second-order valence-corrected chi connectivity index (χ2v) is 5.21. The topological polar surface area (TPSA) is 29.0 Å². The van der Waals surface area contributed by atoms with E-state index < -0.39 is 11.9 Å². The summed E-state index contributed by atoms with van der Waals surface area (Å²) in [5, 5.41) is 6.98. The number of nitrogens with zero attached hydrogens (tertiary/aromatic N) is 3. The van der Waals surface area contributed by atoms with E-state index in [0.29, 0.717) is 17.8 Å². The lowest BCUT2D eigenvalue weighted by molar-refractivity contribution is -0.141. The van der Waals surface area contributed by atoms with Crippen LogP contribution in [0.2, 0.25) is 0 Å². The number of anilines is 1. The minimum Gasteiger partial charge on any atom is -0.355 e. The molecular formula is C13H18F3N3. The van der Waals surface area contributed by atoms with Gasteiger partial charge in [0.15, 0.2) is 11.5 Å². The van der Waals surface area contributed by atoms with Gasteiger partial charge in [-0.3, -0.25) is 0 Å². The van der Waals surface area contributed by atoms with Crippen LogP contribution in [0.25, 0.3) is 0 Å². The van der Waals surface area contributed by atoms with E-state index in [9.17, 15) is 13.2 Å². The van der Waals surface area contributed by atoms with Gasteiger partial charge in [-0.1, -0.05) is 19.8 Å². The summed E-state index contributed by atoms with van der Waals surface area (Å²) >= 11 is 0. The van der Waals surface area contributed by atoms with Crippen molar-refractivity contribution in [2.75, 3.05) is 11.9 Å². The molecule has 0 saturated heterocycles. The van der Waals surface area contributed by atoms with Crippen LogP contribution < -0.4 is 4.90 Å². The Kier molecular flexibility index (Phi) is 3.96. The molecule has 2 atom stereocenters. The second kappa shape index (κ2) is 5.35. The van der Waals surface area contributed by atoms with Gasteiger partial charge in [0.2, 0.25) is 0 Å². The quantitative estimate of drug-likeness (QED) is 0.825. The molecule has 2 unspecified atom stereocenters. The molecule has 1 aromatic rings. The van der Waals surface area contributed by atoms with Crippen molar-refractivity contribution in [1.82, 2.24) is 10.2 Å². The first-order chi connectivity index (χ1) is 8.89. The SMILES string of the molecule is CC1CCCCC1N(C)c1ccc(C(F)(F)F)nn1. The third-order valence-corrected chi connectivity index (χ3v) is 3.87. The van der Waals surface area contributed by atoms with Crippen molar-refractivity contribution >= 4 is 5.82 Å². The van der Waals surface area contributed by atoms with Crippen LogP contribution in [0.3, 0.4) is 0 Å². The Hall–Kier alpha value is -1.33. The summed E-state index contributed by atoms with van der Waals surface area (Å²) < 4.78 is 37.3. The average Bonchev–Trinajstić information content (AvgIpc) is 2.38. The maximum atomic E-state index is 12.4. The number of halogens is 3. The Bertz CT molecular complexity index is 416. The lowest BCUT2D eigenvalue weighted by Gasteiger charge is -2.36. The number of hydrogen-bond donors (Lipinski definition) is 0. The molecule has 2 rings (SSSR count). The van der Waals surface area contributed by atoms with Crippen molar-refractivity contribution in [2.24, 2.45) is 5.92 Å². The van der Waals surface area contributed by atoms with Gasteiger partial charge >= 0.3 is 6.18 Å². The van der Waals surface area contributed by atoms with E-state index in [4.69, 9.17) is 0 Å². The van der Waals surface area contributed by atoms with E-state index in [1.54, 1.807) is 0 Å². The monoisotopic (exact) mass is 273 g/mol. The molecule has 1 heterocycles. The number of alkyl halides is 3.